The van der Waals surface area contributed by atoms with Gasteiger partial charge in [-0.1, -0.05) is 30.3 Å². The Kier molecular flexibility index (Phi) is 5.50. The zero-order valence-electron chi connectivity index (χ0n) is 13.5. The second kappa shape index (κ2) is 7.37. The molecule has 0 fully saturated rings. The fraction of sp³-hybridized carbons (Fsp3) is 0.294. The van der Waals surface area contributed by atoms with Crippen molar-refractivity contribution in [3.63, 3.8) is 0 Å². The highest BCUT2D eigenvalue weighted by atomic mass is 32.2. The van der Waals surface area contributed by atoms with Gasteiger partial charge in [-0.3, -0.25) is 14.0 Å². The molecule has 2 rings (SSSR count). The molecule has 0 unspecified atom stereocenters. The molecule has 1 amide bonds. The van der Waals surface area contributed by atoms with Crippen molar-refractivity contribution in [2.75, 3.05) is 24.8 Å². The summed E-state index contributed by atoms with van der Waals surface area (Å²) in [6, 6.07) is 11.0. The number of nitrogens with zero attached hydrogens (tertiary/aromatic N) is 2. The molecule has 6 heteroatoms. The fourth-order valence-corrected chi connectivity index (χ4v) is 3.23. The largest absolute Gasteiger partial charge is 0.396 e. The predicted molar refractivity (Wildman–Crippen MR) is 94.6 cm³/mol. The lowest BCUT2D eigenvalue weighted by Gasteiger charge is -2.25. The van der Waals surface area contributed by atoms with Crippen molar-refractivity contribution in [1.29, 1.82) is 0 Å². The van der Waals surface area contributed by atoms with Gasteiger partial charge in [-0.15, -0.1) is 0 Å². The van der Waals surface area contributed by atoms with Gasteiger partial charge in [0.25, 0.3) is 5.91 Å². The zero-order chi connectivity index (χ0) is 17.0. The Bertz CT molecular complexity index is 719. The molecule has 1 aromatic carbocycles. The molecule has 0 radical (unpaired) electrons. The van der Waals surface area contributed by atoms with Gasteiger partial charge in [0.15, 0.2) is 0 Å². The number of hydrogen-bond donors (Lipinski definition) is 1. The molecule has 0 aliphatic heterocycles. The number of benzene rings is 1. The minimum Gasteiger partial charge on any atom is -0.396 e. The van der Waals surface area contributed by atoms with Crippen LogP contribution in [0, 0.1) is 0 Å². The number of rotatable bonds is 5. The van der Waals surface area contributed by atoms with Crippen LogP contribution in [0.25, 0.3) is 11.3 Å². The Morgan fingerprint density at radius 2 is 1.96 bits per heavy atom. The first kappa shape index (κ1) is 17.1. The first-order chi connectivity index (χ1) is 10.9. The standard InChI is InChI=1S/C17H21N3O2S/c1-12(11-23(3)22)20(2)17(21)14-9-10-19-16(15(14)18)13-7-5-4-6-8-13/h4-10,12H,11,18H2,1-3H3/t12-,23+/m0/s1. The minimum absolute atomic E-state index is 0.138. The third kappa shape index (κ3) is 3.96. The van der Waals surface area contributed by atoms with E-state index in [4.69, 9.17) is 5.73 Å². The summed E-state index contributed by atoms with van der Waals surface area (Å²) in [5.41, 5.74) is 8.42. The topological polar surface area (TPSA) is 76.3 Å². The lowest BCUT2D eigenvalue weighted by atomic mass is 10.1. The molecular weight excluding hydrogens is 310 g/mol. The van der Waals surface area contributed by atoms with Crippen LogP contribution in [0.15, 0.2) is 42.6 Å². The van der Waals surface area contributed by atoms with Gasteiger partial charge in [-0.2, -0.15) is 0 Å². The first-order valence-electron chi connectivity index (χ1n) is 7.29. The molecule has 0 saturated carbocycles. The average molecular weight is 331 g/mol. The van der Waals surface area contributed by atoms with Crippen LogP contribution in [0.3, 0.4) is 0 Å². The second-order valence-electron chi connectivity index (χ2n) is 5.49. The Labute approximate surface area is 139 Å². The average Bonchev–Trinajstić information content (AvgIpc) is 2.54. The summed E-state index contributed by atoms with van der Waals surface area (Å²) >= 11 is 0. The Balaban J connectivity index is 2.33. The smallest absolute Gasteiger partial charge is 0.256 e. The maximum absolute atomic E-state index is 12.7. The number of pyridine rings is 1. The molecule has 2 aromatic rings. The van der Waals surface area contributed by atoms with Crippen LogP contribution in [0.1, 0.15) is 17.3 Å². The second-order valence-corrected chi connectivity index (χ2v) is 6.97. The van der Waals surface area contributed by atoms with E-state index in [1.54, 1.807) is 30.5 Å². The number of carbonyl (C=O) groups excluding carboxylic acids is 1. The molecule has 5 nitrogen and oxygen atoms in total. The van der Waals surface area contributed by atoms with Gasteiger partial charge in [0, 0.05) is 47.7 Å². The molecule has 0 aliphatic carbocycles. The van der Waals surface area contributed by atoms with E-state index in [9.17, 15) is 9.00 Å². The van der Waals surface area contributed by atoms with Crippen LogP contribution < -0.4 is 5.73 Å². The maximum Gasteiger partial charge on any atom is 0.256 e. The normalized spacial score (nSPS) is 13.3. The Morgan fingerprint density at radius 1 is 1.30 bits per heavy atom. The molecule has 23 heavy (non-hydrogen) atoms. The first-order valence-corrected chi connectivity index (χ1v) is 9.01. The molecule has 0 spiro atoms. The zero-order valence-corrected chi connectivity index (χ0v) is 14.3. The number of nitrogens with two attached hydrogens (primary N) is 1. The molecule has 0 saturated heterocycles. The fourth-order valence-electron chi connectivity index (χ4n) is 2.33. The van der Waals surface area contributed by atoms with Gasteiger partial charge >= 0.3 is 0 Å². The number of amides is 1. The summed E-state index contributed by atoms with van der Waals surface area (Å²) in [6.07, 6.45) is 3.21. The van der Waals surface area contributed by atoms with Gasteiger partial charge in [0.2, 0.25) is 0 Å². The van der Waals surface area contributed by atoms with E-state index >= 15 is 0 Å². The van der Waals surface area contributed by atoms with Crippen molar-refractivity contribution < 1.29 is 9.00 Å². The summed E-state index contributed by atoms with van der Waals surface area (Å²) in [5.74, 6) is 0.235. The molecule has 2 N–H and O–H groups in total. The van der Waals surface area contributed by atoms with Crippen LogP contribution in [-0.2, 0) is 10.8 Å². The predicted octanol–water partition coefficient (Wildman–Crippen LogP) is 2.17. The van der Waals surface area contributed by atoms with Gasteiger partial charge in [0.1, 0.15) is 0 Å². The summed E-state index contributed by atoms with van der Waals surface area (Å²) in [5, 5.41) is 0. The lowest BCUT2D eigenvalue weighted by molar-refractivity contribution is 0.0758. The third-order valence-corrected chi connectivity index (χ3v) is 4.68. The number of carbonyl (C=O) groups is 1. The van der Waals surface area contributed by atoms with Crippen molar-refractivity contribution in [2.45, 2.75) is 13.0 Å². The van der Waals surface area contributed by atoms with Crippen molar-refractivity contribution in [3.05, 3.63) is 48.2 Å². The summed E-state index contributed by atoms with van der Waals surface area (Å²) in [7, 11) is 0.730. The monoisotopic (exact) mass is 331 g/mol. The van der Waals surface area contributed by atoms with Crippen LogP contribution in [0.4, 0.5) is 5.69 Å². The quantitative estimate of drug-likeness (QED) is 0.911. The highest BCUT2D eigenvalue weighted by Crippen LogP contribution is 2.27. The molecule has 0 aliphatic rings. The summed E-state index contributed by atoms with van der Waals surface area (Å²) < 4.78 is 11.4. The van der Waals surface area contributed by atoms with Crippen molar-refractivity contribution in [2.24, 2.45) is 0 Å². The van der Waals surface area contributed by atoms with Crippen LogP contribution in [0.5, 0.6) is 0 Å². The van der Waals surface area contributed by atoms with Gasteiger partial charge in [-0.25, -0.2) is 0 Å². The van der Waals surface area contributed by atoms with E-state index in [-0.39, 0.29) is 11.9 Å². The van der Waals surface area contributed by atoms with Crippen LogP contribution in [-0.4, -0.2) is 45.1 Å². The molecular formula is C17H21N3O2S. The maximum atomic E-state index is 12.7. The van der Waals surface area contributed by atoms with E-state index in [1.807, 2.05) is 37.3 Å². The Hall–Kier alpha value is -2.21. The lowest BCUT2D eigenvalue weighted by Crippen LogP contribution is -2.38. The number of anilines is 1. The number of aromatic nitrogens is 1. The molecule has 2 atom stereocenters. The minimum atomic E-state index is -0.966. The van der Waals surface area contributed by atoms with Crippen molar-refractivity contribution in [3.8, 4) is 11.3 Å². The SMILES string of the molecule is C[C@@H](C[S@@](C)=O)N(C)C(=O)c1ccnc(-c2ccccc2)c1N. The van der Waals surface area contributed by atoms with Gasteiger partial charge < -0.3 is 10.6 Å². The number of hydrogen-bond acceptors (Lipinski definition) is 4. The van der Waals surface area contributed by atoms with E-state index in [1.165, 1.54) is 0 Å². The van der Waals surface area contributed by atoms with E-state index < -0.39 is 10.8 Å². The highest BCUT2D eigenvalue weighted by molar-refractivity contribution is 7.84. The summed E-state index contributed by atoms with van der Waals surface area (Å²) in [4.78, 5) is 18.6. The molecule has 0 bridgehead atoms. The van der Waals surface area contributed by atoms with Crippen LogP contribution in [0.2, 0.25) is 0 Å². The van der Waals surface area contributed by atoms with Crippen LogP contribution >= 0.6 is 0 Å². The third-order valence-electron chi connectivity index (χ3n) is 3.73. The highest BCUT2D eigenvalue weighted by Gasteiger charge is 2.22. The number of nitrogen functional groups attached to an aromatic ring is 1. The molecule has 122 valence electrons. The van der Waals surface area contributed by atoms with Crippen molar-refractivity contribution >= 4 is 22.4 Å². The van der Waals surface area contributed by atoms with Crippen molar-refractivity contribution in [1.82, 2.24) is 9.88 Å². The van der Waals surface area contributed by atoms with Gasteiger partial charge in [-0.05, 0) is 13.0 Å². The Morgan fingerprint density at radius 3 is 2.57 bits per heavy atom. The van der Waals surface area contributed by atoms with Gasteiger partial charge in [0.05, 0.1) is 16.9 Å². The van der Waals surface area contributed by atoms with E-state index in [0.717, 1.165) is 5.56 Å². The van der Waals surface area contributed by atoms with E-state index in [0.29, 0.717) is 22.7 Å². The molecule has 1 aromatic heterocycles. The molecule has 1 heterocycles. The summed E-state index contributed by atoms with van der Waals surface area (Å²) in [6.45, 7) is 1.87. The van der Waals surface area contributed by atoms with E-state index in [2.05, 4.69) is 4.98 Å².